The van der Waals surface area contributed by atoms with Gasteiger partial charge < -0.3 is 11.1 Å². The molecule has 0 radical (unpaired) electrons. The van der Waals surface area contributed by atoms with Gasteiger partial charge in [-0.1, -0.05) is 6.07 Å². The van der Waals surface area contributed by atoms with Gasteiger partial charge in [0.25, 0.3) is 0 Å². The van der Waals surface area contributed by atoms with Crippen molar-refractivity contribution in [1.82, 2.24) is 14.9 Å². The molecule has 1 aliphatic heterocycles. The van der Waals surface area contributed by atoms with Gasteiger partial charge in [-0.15, -0.1) is 0 Å². The average molecular weight is 339 g/mol. The summed E-state index contributed by atoms with van der Waals surface area (Å²) in [5.41, 5.74) is 6.58. The lowest BCUT2D eigenvalue weighted by Gasteiger charge is -2.31. The lowest BCUT2D eigenvalue weighted by Crippen LogP contribution is -2.40. The summed E-state index contributed by atoms with van der Waals surface area (Å²) in [6.07, 6.45) is 8.07. The Morgan fingerprint density at radius 3 is 2.92 bits per heavy atom. The molecule has 132 valence electrons. The van der Waals surface area contributed by atoms with Crippen LogP contribution in [-0.4, -0.2) is 40.4 Å². The molecule has 2 aromatic heterocycles. The molecule has 1 amide bonds. The van der Waals surface area contributed by atoms with E-state index in [1.54, 1.807) is 6.20 Å². The molecule has 6 heteroatoms. The van der Waals surface area contributed by atoms with Crippen LogP contribution >= 0.6 is 0 Å². The van der Waals surface area contributed by atoms with Gasteiger partial charge in [0.1, 0.15) is 11.6 Å². The molecule has 0 bridgehead atoms. The largest absolute Gasteiger partial charge is 0.369 e. The molecular formula is C19H25N5O. The molecule has 0 aromatic carbocycles. The van der Waals surface area contributed by atoms with Gasteiger partial charge >= 0.3 is 0 Å². The number of piperidine rings is 1. The Balaban J connectivity index is 1.53. The van der Waals surface area contributed by atoms with Gasteiger partial charge in [0, 0.05) is 18.9 Å². The maximum Gasteiger partial charge on any atom is 0.231 e. The highest BCUT2D eigenvalue weighted by Crippen LogP contribution is 2.22. The number of rotatable bonds is 7. The summed E-state index contributed by atoms with van der Waals surface area (Å²) < 4.78 is 0. The van der Waals surface area contributed by atoms with Crippen LogP contribution < -0.4 is 11.1 Å². The summed E-state index contributed by atoms with van der Waals surface area (Å²) in [6, 6.07) is 9.90. The molecule has 3 rings (SSSR count). The fourth-order valence-corrected chi connectivity index (χ4v) is 3.39. The molecule has 1 saturated heterocycles. The standard InChI is InChI=1S/C19H25N5O/c20-17(25)14-24-11-3-4-16(13-24)7-6-15-8-10-22-19(12-15)23-18-5-1-2-9-21-18/h1-2,5,8-10,12,16H,3-4,6-7,11,13-14H2,(H2,20,25)(H,21,22,23)/t16-/m1/s1. The number of aromatic nitrogens is 2. The minimum Gasteiger partial charge on any atom is -0.369 e. The van der Waals surface area contributed by atoms with Gasteiger partial charge in [-0.2, -0.15) is 0 Å². The SMILES string of the molecule is NC(=O)CN1CCC[C@H](CCc2ccnc(Nc3ccccn3)c2)C1. The first kappa shape index (κ1) is 17.4. The molecule has 0 aliphatic carbocycles. The zero-order valence-corrected chi connectivity index (χ0v) is 14.4. The van der Waals surface area contributed by atoms with Crippen LogP contribution in [0.4, 0.5) is 11.6 Å². The Morgan fingerprint density at radius 1 is 1.24 bits per heavy atom. The summed E-state index contributed by atoms with van der Waals surface area (Å²) in [5.74, 6) is 1.99. The van der Waals surface area contributed by atoms with Crippen LogP contribution in [0.3, 0.4) is 0 Å². The van der Waals surface area contributed by atoms with Crippen LogP contribution in [-0.2, 0) is 11.2 Å². The van der Waals surface area contributed by atoms with E-state index >= 15 is 0 Å². The van der Waals surface area contributed by atoms with Crippen LogP contribution in [0.5, 0.6) is 0 Å². The van der Waals surface area contributed by atoms with Crippen LogP contribution in [0.25, 0.3) is 0 Å². The van der Waals surface area contributed by atoms with Gasteiger partial charge in [0.2, 0.25) is 5.91 Å². The lowest BCUT2D eigenvalue weighted by molar-refractivity contribution is -0.119. The lowest BCUT2D eigenvalue weighted by atomic mass is 9.92. The minimum absolute atomic E-state index is 0.236. The molecule has 3 N–H and O–H groups in total. The Bertz CT molecular complexity index is 691. The number of hydrogen-bond acceptors (Lipinski definition) is 5. The third-order valence-electron chi connectivity index (χ3n) is 4.57. The predicted molar refractivity (Wildman–Crippen MR) is 98.4 cm³/mol. The monoisotopic (exact) mass is 339 g/mol. The number of anilines is 2. The second-order valence-corrected chi connectivity index (χ2v) is 6.64. The van der Waals surface area contributed by atoms with Crippen molar-refractivity contribution in [3.8, 4) is 0 Å². The predicted octanol–water partition coefficient (Wildman–Crippen LogP) is 2.35. The normalized spacial score (nSPS) is 18.0. The first-order chi connectivity index (χ1) is 12.2. The molecule has 1 aliphatic rings. The smallest absolute Gasteiger partial charge is 0.231 e. The number of pyridine rings is 2. The molecular weight excluding hydrogens is 314 g/mol. The minimum atomic E-state index is -0.236. The van der Waals surface area contributed by atoms with Crippen LogP contribution in [0, 0.1) is 5.92 Å². The number of carbonyl (C=O) groups is 1. The topological polar surface area (TPSA) is 84.1 Å². The summed E-state index contributed by atoms with van der Waals surface area (Å²) in [4.78, 5) is 21.9. The number of hydrogen-bond donors (Lipinski definition) is 2. The van der Waals surface area contributed by atoms with E-state index in [9.17, 15) is 4.79 Å². The van der Waals surface area contributed by atoms with E-state index in [4.69, 9.17) is 5.73 Å². The maximum absolute atomic E-state index is 11.1. The molecule has 1 fully saturated rings. The first-order valence-corrected chi connectivity index (χ1v) is 8.82. The fraction of sp³-hybridized carbons (Fsp3) is 0.421. The maximum atomic E-state index is 11.1. The third-order valence-corrected chi connectivity index (χ3v) is 4.57. The van der Waals surface area contributed by atoms with Crippen molar-refractivity contribution < 1.29 is 4.79 Å². The summed E-state index contributed by atoms with van der Waals surface area (Å²) in [5, 5.41) is 3.23. The quantitative estimate of drug-likeness (QED) is 0.809. The fourth-order valence-electron chi connectivity index (χ4n) is 3.39. The number of nitrogens with zero attached hydrogens (tertiary/aromatic N) is 3. The second kappa shape index (κ2) is 8.58. The van der Waals surface area contributed by atoms with Gasteiger partial charge in [0.15, 0.2) is 0 Å². The van der Waals surface area contributed by atoms with Crippen molar-refractivity contribution in [1.29, 1.82) is 0 Å². The third kappa shape index (κ3) is 5.53. The molecule has 1 atom stereocenters. The van der Waals surface area contributed by atoms with Crippen molar-refractivity contribution in [3.63, 3.8) is 0 Å². The summed E-state index contributed by atoms with van der Waals surface area (Å²) in [6.45, 7) is 2.32. The zero-order chi connectivity index (χ0) is 17.5. The van der Waals surface area contributed by atoms with Gasteiger partial charge in [-0.25, -0.2) is 9.97 Å². The first-order valence-electron chi connectivity index (χ1n) is 8.82. The molecule has 6 nitrogen and oxygen atoms in total. The molecule has 3 heterocycles. The van der Waals surface area contributed by atoms with Crippen LogP contribution in [0.2, 0.25) is 0 Å². The van der Waals surface area contributed by atoms with Gasteiger partial charge in [0.05, 0.1) is 6.54 Å². The average Bonchev–Trinajstić information content (AvgIpc) is 2.61. The van der Waals surface area contributed by atoms with Crippen molar-refractivity contribution in [2.45, 2.75) is 25.7 Å². The van der Waals surface area contributed by atoms with Crippen LogP contribution in [0.1, 0.15) is 24.8 Å². The molecule has 0 unspecified atom stereocenters. The van der Waals surface area contributed by atoms with Crippen molar-refractivity contribution in [2.24, 2.45) is 11.7 Å². The molecule has 25 heavy (non-hydrogen) atoms. The van der Waals surface area contributed by atoms with E-state index in [2.05, 4.69) is 32.3 Å². The molecule has 0 saturated carbocycles. The number of primary amides is 1. The van der Waals surface area contributed by atoms with Gasteiger partial charge in [-0.3, -0.25) is 9.69 Å². The highest BCUT2D eigenvalue weighted by atomic mass is 16.1. The van der Waals surface area contributed by atoms with Crippen molar-refractivity contribution in [3.05, 3.63) is 48.3 Å². The molecule has 2 aromatic rings. The van der Waals surface area contributed by atoms with Crippen molar-refractivity contribution in [2.75, 3.05) is 25.0 Å². The summed E-state index contributed by atoms with van der Waals surface area (Å²) >= 11 is 0. The number of carbonyl (C=O) groups excluding carboxylic acids is 1. The van der Waals surface area contributed by atoms with E-state index < -0.39 is 0 Å². The summed E-state index contributed by atoms with van der Waals surface area (Å²) in [7, 11) is 0. The second-order valence-electron chi connectivity index (χ2n) is 6.64. The van der Waals surface area contributed by atoms with Gasteiger partial charge in [-0.05, 0) is 68.0 Å². The van der Waals surface area contributed by atoms with Crippen molar-refractivity contribution >= 4 is 17.5 Å². The number of amides is 1. The van der Waals surface area contributed by atoms with Crippen LogP contribution in [0.15, 0.2) is 42.7 Å². The number of nitrogens with two attached hydrogens (primary N) is 1. The zero-order valence-electron chi connectivity index (χ0n) is 14.4. The highest BCUT2D eigenvalue weighted by molar-refractivity contribution is 5.75. The Morgan fingerprint density at radius 2 is 2.12 bits per heavy atom. The Labute approximate surface area is 148 Å². The highest BCUT2D eigenvalue weighted by Gasteiger charge is 2.20. The Kier molecular flexibility index (Phi) is 5.95. The number of likely N-dealkylation sites (tertiary alicyclic amines) is 1. The van der Waals surface area contributed by atoms with E-state index in [0.29, 0.717) is 12.5 Å². The number of aryl methyl sites for hydroxylation is 1. The number of nitrogens with one attached hydrogen (secondary N) is 1. The Hall–Kier alpha value is -2.47. The van der Waals surface area contributed by atoms with E-state index in [-0.39, 0.29) is 5.91 Å². The van der Waals surface area contributed by atoms with E-state index in [0.717, 1.165) is 44.0 Å². The van der Waals surface area contributed by atoms with E-state index in [1.807, 2.05) is 24.4 Å². The van der Waals surface area contributed by atoms with E-state index in [1.165, 1.54) is 12.0 Å². The molecule has 0 spiro atoms.